The van der Waals surface area contributed by atoms with E-state index in [1.165, 1.54) is 0 Å². The normalized spacial score (nSPS) is 12.2. The van der Waals surface area contributed by atoms with Gasteiger partial charge in [-0.25, -0.2) is 0 Å². The fraction of sp³-hybridized carbons (Fsp3) is 0.350. The lowest BCUT2D eigenvalue weighted by Gasteiger charge is -2.12. The molecule has 0 heterocycles. The van der Waals surface area contributed by atoms with Gasteiger partial charge < -0.3 is 5.11 Å². The molecule has 0 amide bonds. The van der Waals surface area contributed by atoms with Crippen molar-refractivity contribution in [3.8, 4) is 5.75 Å². The number of sulfonamides is 1. The van der Waals surface area contributed by atoms with Gasteiger partial charge in [0.2, 0.25) is 0 Å². The van der Waals surface area contributed by atoms with Crippen LogP contribution in [-0.2, 0) is 10.0 Å². The zero-order valence-electron chi connectivity index (χ0n) is 15.7. The van der Waals surface area contributed by atoms with Gasteiger partial charge in [-0.1, -0.05) is 37.1 Å². The molecule has 0 saturated carbocycles. The lowest BCUT2D eigenvalue weighted by atomic mass is 9.99. The Morgan fingerprint density at radius 3 is 2.35 bits per heavy atom. The number of rotatable bonds is 7. The van der Waals surface area contributed by atoms with E-state index in [0.29, 0.717) is 17.7 Å². The summed E-state index contributed by atoms with van der Waals surface area (Å²) >= 11 is 0. The molecule has 140 valence electrons. The van der Waals surface area contributed by atoms with Crippen molar-refractivity contribution in [2.75, 3.05) is 0 Å². The topological polar surface area (TPSA) is 78.8 Å². The SMILES string of the molecule is CCCC/C(=N/NS(=O)(=O)c1ccc(C)cc1)c1cc(C)cc(C)c1O. The molecular formula is C20H26N2O3S. The molecule has 26 heavy (non-hydrogen) atoms. The zero-order valence-corrected chi connectivity index (χ0v) is 16.5. The van der Waals surface area contributed by atoms with E-state index < -0.39 is 10.0 Å². The summed E-state index contributed by atoms with van der Waals surface area (Å²) in [7, 11) is -3.76. The molecule has 0 radical (unpaired) electrons. The number of aromatic hydroxyl groups is 1. The number of phenolic OH excluding ortho intramolecular Hbond substituents is 1. The highest BCUT2D eigenvalue weighted by atomic mass is 32.2. The van der Waals surface area contributed by atoms with Gasteiger partial charge in [-0.2, -0.15) is 18.4 Å². The quantitative estimate of drug-likeness (QED) is 0.563. The monoisotopic (exact) mass is 374 g/mol. The van der Waals surface area contributed by atoms with Crippen LogP contribution in [0.25, 0.3) is 0 Å². The van der Waals surface area contributed by atoms with Crippen LogP contribution < -0.4 is 4.83 Å². The molecule has 2 N–H and O–H groups in total. The minimum atomic E-state index is -3.76. The first-order valence-electron chi connectivity index (χ1n) is 8.70. The van der Waals surface area contributed by atoms with E-state index in [1.54, 1.807) is 24.3 Å². The lowest BCUT2D eigenvalue weighted by Crippen LogP contribution is -2.21. The molecule has 2 rings (SSSR count). The van der Waals surface area contributed by atoms with Crippen molar-refractivity contribution < 1.29 is 13.5 Å². The van der Waals surface area contributed by atoms with E-state index in [2.05, 4.69) is 16.9 Å². The molecule has 2 aromatic rings. The molecule has 0 fully saturated rings. The molecule has 0 saturated heterocycles. The Balaban J connectivity index is 2.39. The predicted molar refractivity (Wildman–Crippen MR) is 105 cm³/mol. The predicted octanol–water partition coefficient (Wildman–Crippen LogP) is 4.19. The summed E-state index contributed by atoms with van der Waals surface area (Å²) < 4.78 is 25.0. The number of nitrogens with zero attached hydrogens (tertiary/aromatic N) is 1. The van der Waals surface area contributed by atoms with Crippen molar-refractivity contribution in [3.63, 3.8) is 0 Å². The molecule has 0 spiro atoms. The Morgan fingerprint density at radius 2 is 1.73 bits per heavy atom. The highest BCUT2D eigenvalue weighted by molar-refractivity contribution is 7.89. The van der Waals surface area contributed by atoms with Crippen LogP contribution in [0.1, 0.15) is 48.4 Å². The molecule has 0 aliphatic carbocycles. The maximum atomic E-state index is 12.5. The Bertz CT molecular complexity index is 901. The van der Waals surface area contributed by atoms with E-state index >= 15 is 0 Å². The minimum absolute atomic E-state index is 0.139. The first-order valence-corrected chi connectivity index (χ1v) is 10.2. The largest absolute Gasteiger partial charge is 0.507 e. The number of hydrazone groups is 1. The lowest BCUT2D eigenvalue weighted by molar-refractivity contribution is 0.469. The molecule has 0 unspecified atom stereocenters. The highest BCUT2D eigenvalue weighted by Crippen LogP contribution is 2.26. The summed E-state index contributed by atoms with van der Waals surface area (Å²) in [6.45, 7) is 7.70. The second-order valence-electron chi connectivity index (χ2n) is 6.55. The fourth-order valence-corrected chi connectivity index (χ4v) is 3.49. The molecule has 0 atom stereocenters. The Labute approximate surface area is 155 Å². The Kier molecular flexibility index (Phi) is 6.42. The third-order valence-electron chi connectivity index (χ3n) is 4.15. The minimum Gasteiger partial charge on any atom is -0.507 e. The van der Waals surface area contributed by atoms with E-state index in [9.17, 15) is 13.5 Å². The van der Waals surface area contributed by atoms with Crippen LogP contribution in [0, 0.1) is 20.8 Å². The Hall–Kier alpha value is -2.34. The van der Waals surface area contributed by atoms with Crippen LogP contribution in [0.2, 0.25) is 0 Å². The Morgan fingerprint density at radius 1 is 1.08 bits per heavy atom. The molecule has 5 nitrogen and oxygen atoms in total. The molecule has 0 aliphatic heterocycles. The third kappa shape index (κ3) is 4.85. The number of hydrogen-bond donors (Lipinski definition) is 2. The van der Waals surface area contributed by atoms with Gasteiger partial charge in [-0.3, -0.25) is 0 Å². The van der Waals surface area contributed by atoms with Gasteiger partial charge in [0.15, 0.2) is 0 Å². The summed E-state index contributed by atoms with van der Waals surface area (Å²) in [5.74, 6) is 0.139. The van der Waals surface area contributed by atoms with E-state index in [4.69, 9.17) is 0 Å². The van der Waals surface area contributed by atoms with Gasteiger partial charge in [-0.15, -0.1) is 0 Å². The maximum Gasteiger partial charge on any atom is 0.276 e. The van der Waals surface area contributed by atoms with Crippen LogP contribution >= 0.6 is 0 Å². The van der Waals surface area contributed by atoms with Crippen LogP contribution in [0.4, 0.5) is 0 Å². The van der Waals surface area contributed by atoms with Crippen molar-refractivity contribution in [3.05, 3.63) is 58.7 Å². The molecule has 0 bridgehead atoms. The number of phenols is 1. The second-order valence-corrected chi connectivity index (χ2v) is 8.21. The first-order chi connectivity index (χ1) is 12.2. The smallest absolute Gasteiger partial charge is 0.276 e. The molecule has 0 aliphatic rings. The average Bonchev–Trinajstić information content (AvgIpc) is 2.59. The summed E-state index contributed by atoms with van der Waals surface area (Å²) in [5.41, 5.74) is 3.82. The first kappa shape index (κ1) is 20.0. The van der Waals surface area contributed by atoms with Crippen molar-refractivity contribution >= 4 is 15.7 Å². The van der Waals surface area contributed by atoms with Crippen LogP contribution in [0.5, 0.6) is 5.75 Å². The third-order valence-corrected chi connectivity index (χ3v) is 5.38. The van der Waals surface area contributed by atoms with Crippen molar-refractivity contribution in [1.29, 1.82) is 0 Å². The molecule has 0 aromatic heterocycles. The van der Waals surface area contributed by atoms with E-state index in [1.807, 2.05) is 32.9 Å². The van der Waals surface area contributed by atoms with Gasteiger partial charge in [0.05, 0.1) is 10.6 Å². The van der Waals surface area contributed by atoms with Crippen molar-refractivity contribution in [1.82, 2.24) is 4.83 Å². The number of hydrogen-bond acceptors (Lipinski definition) is 4. The van der Waals surface area contributed by atoms with E-state index in [0.717, 1.165) is 29.5 Å². The van der Waals surface area contributed by atoms with Crippen molar-refractivity contribution in [2.24, 2.45) is 5.10 Å². The summed E-state index contributed by atoms with van der Waals surface area (Å²) in [4.78, 5) is 2.48. The average molecular weight is 375 g/mol. The second kappa shape index (κ2) is 8.36. The number of nitrogens with one attached hydrogen (secondary N) is 1. The van der Waals surface area contributed by atoms with Gasteiger partial charge in [-0.05, 0) is 62.9 Å². The van der Waals surface area contributed by atoms with Gasteiger partial charge in [0.25, 0.3) is 10.0 Å². The van der Waals surface area contributed by atoms with Crippen LogP contribution in [0.15, 0.2) is 46.4 Å². The maximum absolute atomic E-state index is 12.5. The highest BCUT2D eigenvalue weighted by Gasteiger charge is 2.16. The standard InChI is InChI=1S/C20H26N2O3S/c1-5-6-7-19(18-13-15(3)12-16(4)20(18)23)21-22-26(24,25)17-10-8-14(2)9-11-17/h8-13,22-23H,5-7H2,1-4H3/b21-19-. The fourth-order valence-electron chi connectivity index (χ4n) is 2.66. The van der Waals surface area contributed by atoms with E-state index in [-0.39, 0.29) is 10.6 Å². The molecular weight excluding hydrogens is 348 g/mol. The van der Waals surface area contributed by atoms with Gasteiger partial charge in [0, 0.05) is 5.56 Å². The van der Waals surface area contributed by atoms with Crippen molar-refractivity contribution in [2.45, 2.75) is 51.9 Å². The van der Waals surface area contributed by atoms with Gasteiger partial charge >= 0.3 is 0 Å². The number of benzene rings is 2. The summed E-state index contributed by atoms with van der Waals surface area (Å²) in [5, 5.41) is 14.6. The summed E-state index contributed by atoms with van der Waals surface area (Å²) in [6.07, 6.45) is 2.36. The zero-order chi connectivity index (χ0) is 19.3. The van der Waals surface area contributed by atoms with Gasteiger partial charge in [0.1, 0.15) is 5.75 Å². The number of unbranched alkanes of at least 4 members (excludes halogenated alkanes) is 1. The summed E-state index contributed by atoms with van der Waals surface area (Å²) in [6, 6.07) is 10.3. The van der Waals surface area contributed by atoms with Crippen LogP contribution in [0.3, 0.4) is 0 Å². The van der Waals surface area contributed by atoms with Crippen LogP contribution in [-0.4, -0.2) is 19.2 Å². The number of aryl methyl sites for hydroxylation is 3. The molecule has 2 aromatic carbocycles. The molecule has 6 heteroatoms.